The van der Waals surface area contributed by atoms with Crippen molar-refractivity contribution in [3.8, 4) is 0 Å². The van der Waals surface area contributed by atoms with E-state index in [0.717, 1.165) is 14.6 Å². The van der Waals surface area contributed by atoms with Crippen molar-refractivity contribution in [2.75, 3.05) is 5.73 Å². The molecule has 0 bridgehead atoms. The summed E-state index contributed by atoms with van der Waals surface area (Å²) < 4.78 is 2.09. The number of thiazole rings is 1. The van der Waals surface area contributed by atoms with Gasteiger partial charge in [-0.3, -0.25) is 0 Å². The van der Waals surface area contributed by atoms with E-state index in [1.807, 2.05) is 18.2 Å². The van der Waals surface area contributed by atoms with E-state index in [0.29, 0.717) is 10.8 Å². The van der Waals surface area contributed by atoms with Crippen molar-refractivity contribution in [2.24, 2.45) is 0 Å². The van der Waals surface area contributed by atoms with Gasteiger partial charge < -0.3 is 5.73 Å². The molecule has 0 saturated carbocycles. The van der Waals surface area contributed by atoms with Crippen LogP contribution in [-0.2, 0) is 0 Å². The topological polar surface area (TPSA) is 64.7 Å². The van der Waals surface area contributed by atoms with Crippen LogP contribution in [0.5, 0.6) is 0 Å². The summed E-state index contributed by atoms with van der Waals surface area (Å²) in [7, 11) is 0. The normalized spacial score (nSPS) is 10.8. The molecule has 84 valence electrons. The predicted molar refractivity (Wildman–Crippen MR) is 70.2 cm³/mol. The standard InChI is InChI=1S/C11H8N4S2/c12-9-10(14-6-5-13-9)17-11-15-7-3-1-2-4-8(7)16-11/h1-6H,(H2,12,13). The van der Waals surface area contributed by atoms with Gasteiger partial charge in [-0.05, 0) is 23.9 Å². The highest BCUT2D eigenvalue weighted by atomic mass is 32.2. The lowest BCUT2D eigenvalue weighted by Gasteiger charge is -1.98. The van der Waals surface area contributed by atoms with Gasteiger partial charge in [-0.15, -0.1) is 11.3 Å². The molecule has 0 radical (unpaired) electrons. The third-order valence-electron chi connectivity index (χ3n) is 2.15. The maximum absolute atomic E-state index is 5.75. The Hall–Kier alpha value is -1.66. The molecule has 17 heavy (non-hydrogen) atoms. The van der Waals surface area contributed by atoms with E-state index < -0.39 is 0 Å². The number of hydrogen-bond acceptors (Lipinski definition) is 6. The van der Waals surface area contributed by atoms with Crippen molar-refractivity contribution in [2.45, 2.75) is 9.37 Å². The van der Waals surface area contributed by atoms with Crippen LogP contribution in [0.3, 0.4) is 0 Å². The third-order valence-corrected chi connectivity index (χ3v) is 4.25. The van der Waals surface area contributed by atoms with Gasteiger partial charge in [0.2, 0.25) is 0 Å². The van der Waals surface area contributed by atoms with Crippen LogP contribution in [0.1, 0.15) is 0 Å². The molecule has 2 N–H and O–H groups in total. The van der Waals surface area contributed by atoms with E-state index >= 15 is 0 Å². The molecule has 0 spiro atoms. The van der Waals surface area contributed by atoms with Crippen LogP contribution in [0, 0.1) is 0 Å². The minimum absolute atomic E-state index is 0.441. The van der Waals surface area contributed by atoms with E-state index in [2.05, 4.69) is 21.0 Å². The van der Waals surface area contributed by atoms with Crippen LogP contribution in [0.4, 0.5) is 5.82 Å². The van der Waals surface area contributed by atoms with Crippen LogP contribution in [0.25, 0.3) is 10.2 Å². The number of nitrogen functional groups attached to an aromatic ring is 1. The summed E-state index contributed by atoms with van der Waals surface area (Å²) in [6.45, 7) is 0. The fraction of sp³-hybridized carbons (Fsp3) is 0. The molecule has 0 aliphatic rings. The van der Waals surface area contributed by atoms with Gasteiger partial charge in [-0.1, -0.05) is 12.1 Å². The van der Waals surface area contributed by atoms with E-state index in [1.165, 1.54) is 11.8 Å². The first-order valence-electron chi connectivity index (χ1n) is 4.93. The highest BCUT2D eigenvalue weighted by molar-refractivity contribution is 8.01. The maximum Gasteiger partial charge on any atom is 0.157 e. The fourth-order valence-electron chi connectivity index (χ4n) is 1.39. The summed E-state index contributed by atoms with van der Waals surface area (Å²) in [6.07, 6.45) is 3.21. The summed E-state index contributed by atoms with van der Waals surface area (Å²) in [4.78, 5) is 12.7. The Bertz CT molecular complexity index is 632. The molecule has 3 aromatic rings. The van der Waals surface area contributed by atoms with Gasteiger partial charge in [0.05, 0.1) is 10.2 Å². The van der Waals surface area contributed by atoms with E-state index in [-0.39, 0.29) is 0 Å². The second kappa shape index (κ2) is 4.31. The summed E-state index contributed by atoms with van der Waals surface area (Å²) in [5.41, 5.74) is 6.75. The molecule has 0 unspecified atom stereocenters. The molecule has 1 aromatic carbocycles. The lowest BCUT2D eigenvalue weighted by atomic mass is 10.3. The summed E-state index contributed by atoms with van der Waals surface area (Å²) in [6, 6.07) is 8.03. The van der Waals surface area contributed by atoms with Crippen molar-refractivity contribution in [1.82, 2.24) is 15.0 Å². The molecule has 2 heterocycles. The second-order valence-electron chi connectivity index (χ2n) is 3.30. The van der Waals surface area contributed by atoms with E-state index in [9.17, 15) is 0 Å². The monoisotopic (exact) mass is 260 g/mol. The Kier molecular flexibility index (Phi) is 2.66. The van der Waals surface area contributed by atoms with Crippen LogP contribution < -0.4 is 5.73 Å². The summed E-state index contributed by atoms with van der Waals surface area (Å²) in [5.74, 6) is 0.441. The van der Waals surface area contributed by atoms with Crippen molar-refractivity contribution >= 4 is 39.1 Å². The number of para-hydroxylation sites is 1. The molecule has 0 fully saturated rings. The van der Waals surface area contributed by atoms with Gasteiger partial charge in [-0.2, -0.15) is 0 Å². The number of aromatic nitrogens is 3. The van der Waals surface area contributed by atoms with E-state index in [1.54, 1.807) is 23.7 Å². The van der Waals surface area contributed by atoms with E-state index in [4.69, 9.17) is 5.73 Å². The van der Waals surface area contributed by atoms with Crippen molar-refractivity contribution < 1.29 is 0 Å². The van der Waals surface area contributed by atoms with Gasteiger partial charge in [0.1, 0.15) is 5.03 Å². The number of benzene rings is 1. The molecule has 0 atom stereocenters. The smallest absolute Gasteiger partial charge is 0.157 e. The van der Waals surface area contributed by atoms with Crippen molar-refractivity contribution in [3.63, 3.8) is 0 Å². The first-order valence-corrected chi connectivity index (χ1v) is 6.56. The Morgan fingerprint density at radius 1 is 1.12 bits per heavy atom. The first kappa shape index (κ1) is 10.5. The Balaban J connectivity index is 1.98. The van der Waals surface area contributed by atoms with Gasteiger partial charge in [0.25, 0.3) is 0 Å². The molecule has 0 saturated heterocycles. The van der Waals surface area contributed by atoms with Crippen molar-refractivity contribution in [3.05, 3.63) is 36.7 Å². The van der Waals surface area contributed by atoms with Gasteiger partial charge in [-0.25, -0.2) is 15.0 Å². The average Bonchev–Trinajstić information content (AvgIpc) is 2.74. The molecule has 0 aliphatic heterocycles. The van der Waals surface area contributed by atoms with Gasteiger partial charge in [0, 0.05) is 12.4 Å². The van der Waals surface area contributed by atoms with Crippen LogP contribution >= 0.6 is 23.1 Å². The molecular formula is C11H8N4S2. The largest absolute Gasteiger partial charge is 0.381 e. The molecular weight excluding hydrogens is 252 g/mol. The summed E-state index contributed by atoms with van der Waals surface area (Å²) in [5, 5.41) is 0.701. The van der Waals surface area contributed by atoms with Gasteiger partial charge >= 0.3 is 0 Å². The molecule has 0 amide bonds. The fourth-order valence-corrected chi connectivity index (χ4v) is 3.34. The zero-order valence-corrected chi connectivity index (χ0v) is 10.3. The van der Waals surface area contributed by atoms with Crippen LogP contribution in [0.15, 0.2) is 46.0 Å². The molecule has 6 heteroatoms. The Morgan fingerprint density at radius 3 is 2.76 bits per heavy atom. The Morgan fingerprint density at radius 2 is 1.94 bits per heavy atom. The number of rotatable bonds is 2. The minimum Gasteiger partial charge on any atom is -0.381 e. The maximum atomic E-state index is 5.75. The van der Waals surface area contributed by atoms with Gasteiger partial charge in [0.15, 0.2) is 10.2 Å². The zero-order chi connectivity index (χ0) is 11.7. The predicted octanol–water partition coefficient (Wildman–Crippen LogP) is 2.82. The molecule has 4 nitrogen and oxygen atoms in total. The highest BCUT2D eigenvalue weighted by Crippen LogP contribution is 2.34. The van der Waals surface area contributed by atoms with Crippen molar-refractivity contribution in [1.29, 1.82) is 0 Å². The Labute approximate surface area is 106 Å². The SMILES string of the molecule is Nc1nccnc1Sc1nc2ccccc2s1. The number of hydrogen-bond donors (Lipinski definition) is 1. The highest BCUT2D eigenvalue weighted by Gasteiger charge is 2.08. The number of fused-ring (bicyclic) bond motifs is 1. The minimum atomic E-state index is 0.441. The second-order valence-corrected chi connectivity index (χ2v) is 5.56. The molecule has 0 aliphatic carbocycles. The summed E-state index contributed by atoms with van der Waals surface area (Å²) >= 11 is 3.08. The number of nitrogens with two attached hydrogens (primary N) is 1. The number of nitrogens with zero attached hydrogens (tertiary/aromatic N) is 3. The molecule has 3 rings (SSSR count). The third kappa shape index (κ3) is 2.09. The average molecular weight is 260 g/mol. The van der Waals surface area contributed by atoms with Crippen LogP contribution in [-0.4, -0.2) is 15.0 Å². The lowest BCUT2D eigenvalue weighted by Crippen LogP contribution is -1.94. The lowest BCUT2D eigenvalue weighted by molar-refractivity contribution is 1.07. The van der Waals surface area contributed by atoms with Crippen LogP contribution in [0.2, 0.25) is 0 Å². The quantitative estimate of drug-likeness (QED) is 0.767. The number of anilines is 1. The first-order chi connectivity index (χ1) is 8.33. The molecule has 2 aromatic heterocycles. The zero-order valence-electron chi connectivity index (χ0n) is 8.70.